The molecule has 0 aliphatic carbocycles. The number of nitrogens with one attached hydrogen (secondary N) is 2. The van der Waals surface area contributed by atoms with Crippen LogP contribution in [0.4, 0.5) is 0 Å². The smallest absolute Gasteiger partial charge is 0.191 e. The highest BCUT2D eigenvalue weighted by Crippen LogP contribution is 2.14. The third-order valence-corrected chi connectivity index (χ3v) is 4.33. The second kappa shape index (κ2) is 7.69. The van der Waals surface area contributed by atoms with E-state index in [4.69, 9.17) is 9.15 Å². The molecule has 3 rings (SSSR count). The lowest BCUT2D eigenvalue weighted by atomic mass is 10.1. The van der Waals surface area contributed by atoms with Gasteiger partial charge in [-0.2, -0.15) is 5.10 Å². The number of ether oxygens (including phenoxy) is 1. The van der Waals surface area contributed by atoms with Gasteiger partial charge in [0.25, 0.3) is 0 Å². The maximum atomic E-state index is 5.56. The first kappa shape index (κ1) is 17.5. The van der Waals surface area contributed by atoms with Crippen molar-refractivity contribution in [1.29, 1.82) is 0 Å². The summed E-state index contributed by atoms with van der Waals surface area (Å²) >= 11 is 0. The van der Waals surface area contributed by atoms with Crippen molar-refractivity contribution in [1.82, 2.24) is 25.4 Å². The summed E-state index contributed by atoms with van der Waals surface area (Å²) in [6.07, 6.45) is 1.89. The number of aromatic nitrogens is 3. The molecule has 3 heterocycles. The number of furan rings is 1. The van der Waals surface area contributed by atoms with Gasteiger partial charge in [-0.25, -0.2) is 9.67 Å². The number of methoxy groups -OCH3 is 1. The van der Waals surface area contributed by atoms with Gasteiger partial charge in [-0.05, 0) is 26.3 Å². The van der Waals surface area contributed by atoms with E-state index in [1.54, 1.807) is 14.2 Å². The first-order valence-corrected chi connectivity index (χ1v) is 8.53. The Labute approximate surface area is 147 Å². The van der Waals surface area contributed by atoms with Crippen LogP contribution in [-0.4, -0.2) is 40.9 Å². The van der Waals surface area contributed by atoms with E-state index in [2.05, 4.69) is 31.8 Å². The minimum atomic E-state index is 0.267. The van der Waals surface area contributed by atoms with E-state index in [-0.39, 0.29) is 6.04 Å². The summed E-state index contributed by atoms with van der Waals surface area (Å²) < 4.78 is 12.6. The molecule has 1 aliphatic heterocycles. The fourth-order valence-electron chi connectivity index (χ4n) is 3.09. The van der Waals surface area contributed by atoms with E-state index in [9.17, 15) is 0 Å². The molecule has 1 unspecified atom stereocenters. The van der Waals surface area contributed by atoms with Crippen LogP contribution in [0.5, 0.6) is 0 Å². The van der Waals surface area contributed by atoms with E-state index in [1.165, 1.54) is 0 Å². The van der Waals surface area contributed by atoms with Crippen molar-refractivity contribution < 1.29 is 9.15 Å². The zero-order chi connectivity index (χ0) is 17.8. The second-order valence-corrected chi connectivity index (χ2v) is 6.30. The van der Waals surface area contributed by atoms with Crippen molar-refractivity contribution in [2.24, 2.45) is 4.99 Å². The number of hydrogen-bond donors (Lipinski definition) is 2. The normalized spacial score (nSPS) is 17.4. The predicted octanol–water partition coefficient (Wildman–Crippen LogP) is 1.31. The van der Waals surface area contributed by atoms with Crippen LogP contribution >= 0.6 is 0 Å². The van der Waals surface area contributed by atoms with E-state index < -0.39 is 0 Å². The quantitative estimate of drug-likeness (QED) is 0.627. The van der Waals surface area contributed by atoms with Crippen molar-refractivity contribution in [3.05, 3.63) is 34.8 Å². The average Bonchev–Trinajstić information content (AvgIpc) is 3.13. The minimum Gasteiger partial charge on any atom is -0.466 e. The van der Waals surface area contributed by atoms with Gasteiger partial charge in [0.05, 0.1) is 6.54 Å². The molecule has 8 heteroatoms. The first-order chi connectivity index (χ1) is 12.1. The zero-order valence-electron chi connectivity index (χ0n) is 15.3. The van der Waals surface area contributed by atoms with Crippen LogP contribution in [0.1, 0.15) is 35.2 Å². The Hall–Kier alpha value is -2.35. The molecule has 1 aliphatic rings. The Kier molecular flexibility index (Phi) is 5.37. The van der Waals surface area contributed by atoms with Gasteiger partial charge in [-0.1, -0.05) is 0 Å². The molecule has 0 bridgehead atoms. The predicted molar refractivity (Wildman–Crippen MR) is 94.4 cm³/mol. The number of guanidine groups is 1. The lowest BCUT2D eigenvalue weighted by molar-refractivity contribution is 0.177. The number of nitrogens with zero attached hydrogens (tertiary/aromatic N) is 4. The highest BCUT2D eigenvalue weighted by molar-refractivity contribution is 5.80. The van der Waals surface area contributed by atoms with Crippen molar-refractivity contribution in [2.45, 2.75) is 52.4 Å². The Balaban J connectivity index is 1.56. The molecular weight excluding hydrogens is 320 g/mol. The van der Waals surface area contributed by atoms with Gasteiger partial charge < -0.3 is 19.8 Å². The molecular formula is C17H26N6O2. The average molecular weight is 346 g/mol. The number of aliphatic imine (C=N–C) groups is 1. The minimum absolute atomic E-state index is 0.267. The van der Waals surface area contributed by atoms with Gasteiger partial charge in [0.1, 0.15) is 24.0 Å². The van der Waals surface area contributed by atoms with E-state index >= 15 is 0 Å². The molecule has 0 fully saturated rings. The molecule has 2 aromatic heterocycles. The Morgan fingerprint density at radius 1 is 1.48 bits per heavy atom. The van der Waals surface area contributed by atoms with Crippen LogP contribution in [0.25, 0.3) is 0 Å². The van der Waals surface area contributed by atoms with Gasteiger partial charge >= 0.3 is 0 Å². The van der Waals surface area contributed by atoms with Crippen LogP contribution in [0.3, 0.4) is 0 Å². The standard InChI is InChI=1S/C17H26N6O2/c1-11-7-13(12(2)25-11)8-19-17(18-3)20-14-5-6-16-21-15(10-24-4)22-23(16)9-14/h7,14H,5-6,8-10H2,1-4H3,(H2,18,19,20). The highest BCUT2D eigenvalue weighted by atomic mass is 16.5. The Bertz CT molecular complexity index is 748. The van der Waals surface area contributed by atoms with Crippen molar-refractivity contribution in [2.75, 3.05) is 14.2 Å². The number of hydrogen-bond acceptors (Lipinski definition) is 5. The second-order valence-electron chi connectivity index (χ2n) is 6.30. The van der Waals surface area contributed by atoms with E-state index in [1.807, 2.05) is 18.5 Å². The summed E-state index contributed by atoms with van der Waals surface area (Å²) in [6, 6.07) is 2.32. The fourth-order valence-corrected chi connectivity index (χ4v) is 3.09. The molecule has 8 nitrogen and oxygen atoms in total. The molecule has 0 spiro atoms. The summed E-state index contributed by atoms with van der Waals surface area (Å²) in [5, 5.41) is 11.3. The van der Waals surface area contributed by atoms with Crippen LogP contribution in [-0.2, 0) is 30.9 Å². The summed E-state index contributed by atoms with van der Waals surface area (Å²) in [5.41, 5.74) is 1.15. The molecule has 2 aromatic rings. The van der Waals surface area contributed by atoms with Gasteiger partial charge in [0.15, 0.2) is 11.8 Å². The first-order valence-electron chi connectivity index (χ1n) is 8.53. The molecule has 25 heavy (non-hydrogen) atoms. The maximum absolute atomic E-state index is 5.56. The van der Waals surface area contributed by atoms with E-state index in [0.29, 0.717) is 13.2 Å². The monoisotopic (exact) mass is 346 g/mol. The lowest BCUT2D eigenvalue weighted by Gasteiger charge is -2.25. The fraction of sp³-hybridized carbons (Fsp3) is 0.588. The maximum Gasteiger partial charge on any atom is 0.191 e. The largest absolute Gasteiger partial charge is 0.466 e. The van der Waals surface area contributed by atoms with Gasteiger partial charge in [0.2, 0.25) is 0 Å². The molecule has 0 amide bonds. The zero-order valence-corrected chi connectivity index (χ0v) is 15.3. The summed E-state index contributed by atoms with van der Waals surface area (Å²) in [5.74, 6) is 4.42. The number of rotatable bonds is 5. The van der Waals surface area contributed by atoms with Crippen molar-refractivity contribution >= 4 is 5.96 Å². The van der Waals surface area contributed by atoms with Gasteiger partial charge in [-0.3, -0.25) is 4.99 Å². The molecule has 0 saturated heterocycles. The van der Waals surface area contributed by atoms with Gasteiger partial charge in [0, 0.05) is 38.7 Å². The van der Waals surface area contributed by atoms with Crippen LogP contribution in [0.2, 0.25) is 0 Å². The number of aryl methyl sites for hydroxylation is 3. The Morgan fingerprint density at radius 2 is 2.32 bits per heavy atom. The SMILES string of the molecule is CN=C(NCc1cc(C)oc1C)NC1CCc2nc(COC)nn2C1. The highest BCUT2D eigenvalue weighted by Gasteiger charge is 2.22. The molecule has 1 atom stereocenters. The topological polar surface area (TPSA) is 89.5 Å². The summed E-state index contributed by atoms with van der Waals surface area (Å²) in [7, 11) is 3.44. The lowest BCUT2D eigenvalue weighted by Crippen LogP contribution is -2.46. The van der Waals surface area contributed by atoms with E-state index in [0.717, 1.165) is 54.1 Å². The van der Waals surface area contributed by atoms with Crippen LogP contribution in [0, 0.1) is 13.8 Å². The van der Waals surface area contributed by atoms with Crippen molar-refractivity contribution in [3.63, 3.8) is 0 Å². The Morgan fingerprint density at radius 3 is 3.00 bits per heavy atom. The van der Waals surface area contributed by atoms with Crippen LogP contribution < -0.4 is 10.6 Å². The molecule has 0 aromatic carbocycles. The summed E-state index contributed by atoms with van der Waals surface area (Å²) in [4.78, 5) is 8.83. The molecule has 0 radical (unpaired) electrons. The molecule has 0 saturated carbocycles. The molecule has 2 N–H and O–H groups in total. The number of fused-ring (bicyclic) bond motifs is 1. The van der Waals surface area contributed by atoms with Gasteiger partial charge in [-0.15, -0.1) is 0 Å². The van der Waals surface area contributed by atoms with Crippen LogP contribution in [0.15, 0.2) is 15.5 Å². The van der Waals surface area contributed by atoms with Crippen molar-refractivity contribution in [3.8, 4) is 0 Å². The summed E-state index contributed by atoms with van der Waals surface area (Å²) in [6.45, 7) is 5.84. The third kappa shape index (κ3) is 4.19. The molecule has 136 valence electrons. The third-order valence-electron chi connectivity index (χ3n) is 4.33.